The number of piperidine rings is 1. The van der Waals surface area contributed by atoms with Gasteiger partial charge in [-0.2, -0.15) is 4.98 Å². The molecule has 34 heavy (non-hydrogen) atoms. The molecule has 9 heteroatoms. The number of benzene rings is 1. The van der Waals surface area contributed by atoms with Crippen molar-refractivity contribution in [3.8, 4) is 0 Å². The van der Waals surface area contributed by atoms with Gasteiger partial charge in [-0.3, -0.25) is 19.0 Å². The number of carbonyl (C=O) groups is 2. The minimum Gasteiger partial charge on any atom is -0.350 e. The van der Waals surface area contributed by atoms with E-state index < -0.39 is 0 Å². The molecule has 2 amide bonds. The Balaban J connectivity index is 1.46. The van der Waals surface area contributed by atoms with Gasteiger partial charge in [0.1, 0.15) is 5.65 Å². The first kappa shape index (κ1) is 23.4. The number of amides is 2. The van der Waals surface area contributed by atoms with Gasteiger partial charge in [-0.1, -0.05) is 6.92 Å². The summed E-state index contributed by atoms with van der Waals surface area (Å²) in [6.45, 7) is 6.90. The smallest absolute Gasteiger partial charge is 0.253 e. The fraction of sp³-hybridized carbons (Fsp3) is 0.400. The van der Waals surface area contributed by atoms with Gasteiger partial charge in [0.05, 0.1) is 0 Å². The second-order valence-corrected chi connectivity index (χ2v) is 8.82. The van der Waals surface area contributed by atoms with Crippen LogP contribution in [0.15, 0.2) is 47.4 Å². The van der Waals surface area contributed by atoms with Crippen molar-refractivity contribution in [2.75, 3.05) is 23.7 Å². The lowest BCUT2D eigenvalue weighted by molar-refractivity contribution is -0.115. The normalized spacial score (nSPS) is 16.0. The SMILES string of the molecule is CCC(=O)Nc1ccc(C(=O)N2CCC[C@@H](Nc3ncc4ccc(=O)n(C(C)C)c4n3)C2)cc1. The number of carbonyl (C=O) groups excluding carboxylic acids is 2. The lowest BCUT2D eigenvalue weighted by atomic mass is 10.0. The molecule has 0 radical (unpaired) electrons. The molecular formula is C25H30N6O3. The van der Waals surface area contributed by atoms with Crippen LogP contribution in [-0.4, -0.2) is 50.4 Å². The molecule has 1 aliphatic rings. The number of aromatic nitrogens is 3. The maximum absolute atomic E-state index is 13.1. The highest BCUT2D eigenvalue weighted by atomic mass is 16.2. The summed E-state index contributed by atoms with van der Waals surface area (Å²) in [6.07, 6.45) is 3.87. The molecule has 3 heterocycles. The second kappa shape index (κ2) is 10.0. The standard InChI is InChI=1S/C25H30N6O3/c1-4-21(32)27-19-10-7-17(8-11-19)24(34)30-13-5-6-20(15-30)28-25-26-14-18-9-12-22(33)31(16(2)3)23(18)29-25/h7-12,14,16,20H,4-6,13,15H2,1-3H3,(H,27,32)(H,26,28,29)/t20-/m1/s1. The Bertz CT molecular complexity index is 1250. The molecule has 0 saturated carbocycles. The van der Waals surface area contributed by atoms with Crippen molar-refractivity contribution in [3.05, 3.63) is 58.5 Å². The third-order valence-corrected chi connectivity index (χ3v) is 5.96. The van der Waals surface area contributed by atoms with E-state index >= 15 is 0 Å². The van der Waals surface area contributed by atoms with Crippen molar-refractivity contribution in [2.24, 2.45) is 0 Å². The molecule has 0 unspecified atom stereocenters. The first-order chi connectivity index (χ1) is 16.4. The molecule has 1 atom stereocenters. The zero-order valence-corrected chi connectivity index (χ0v) is 19.7. The molecule has 1 saturated heterocycles. The molecule has 2 aromatic heterocycles. The van der Waals surface area contributed by atoms with Crippen LogP contribution in [0, 0.1) is 0 Å². The van der Waals surface area contributed by atoms with E-state index in [1.165, 1.54) is 6.07 Å². The Labute approximate surface area is 198 Å². The fourth-order valence-corrected chi connectivity index (χ4v) is 4.20. The van der Waals surface area contributed by atoms with Crippen LogP contribution in [0.4, 0.5) is 11.6 Å². The molecule has 1 fully saturated rings. The first-order valence-corrected chi connectivity index (χ1v) is 11.7. The molecule has 1 aliphatic heterocycles. The number of fused-ring (bicyclic) bond motifs is 1. The minimum absolute atomic E-state index is 0.00111. The predicted octanol–water partition coefficient (Wildman–Crippen LogP) is 3.44. The Kier molecular flexibility index (Phi) is 6.90. The average Bonchev–Trinajstić information content (AvgIpc) is 2.83. The summed E-state index contributed by atoms with van der Waals surface area (Å²) >= 11 is 0. The summed E-state index contributed by atoms with van der Waals surface area (Å²) in [5.41, 5.74) is 1.76. The molecule has 2 N–H and O–H groups in total. The maximum Gasteiger partial charge on any atom is 0.253 e. The molecule has 1 aromatic carbocycles. The van der Waals surface area contributed by atoms with Crippen LogP contribution in [-0.2, 0) is 4.79 Å². The van der Waals surface area contributed by atoms with Gasteiger partial charge in [-0.05, 0) is 57.0 Å². The van der Waals surface area contributed by atoms with E-state index in [1.807, 2.05) is 18.7 Å². The van der Waals surface area contributed by atoms with E-state index in [0.717, 1.165) is 18.2 Å². The summed E-state index contributed by atoms with van der Waals surface area (Å²) in [6, 6.07) is 10.2. The van der Waals surface area contributed by atoms with Crippen LogP contribution in [0.1, 0.15) is 56.4 Å². The van der Waals surface area contributed by atoms with Crippen molar-refractivity contribution in [1.82, 2.24) is 19.4 Å². The van der Waals surface area contributed by atoms with Crippen molar-refractivity contribution in [1.29, 1.82) is 0 Å². The lowest BCUT2D eigenvalue weighted by Crippen LogP contribution is -2.45. The van der Waals surface area contributed by atoms with Gasteiger partial charge in [-0.15, -0.1) is 0 Å². The van der Waals surface area contributed by atoms with Gasteiger partial charge in [-0.25, -0.2) is 4.98 Å². The minimum atomic E-state index is -0.0955. The van der Waals surface area contributed by atoms with Gasteiger partial charge >= 0.3 is 0 Å². The number of likely N-dealkylation sites (tertiary alicyclic amines) is 1. The predicted molar refractivity (Wildman–Crippen MR) is 132 cm³/mol. The van der Waals surface area contributed by atoms with E-state index in [2.05, 4.69) is 20.6 Å². The third-order valence-electron chi connectivity index (χ3n) is 5.96. The zero-order chi connectivity index (χ0) is 24.2. The van der Waals surface area contributed by atoms with Crippen LogP contribution in [0.3, 0.4) is 0 Å². The molecule has 0 bridgehead atoms. The number of pyridine rings is 1. The van der Waals surface area contributed by atoms with Gasteiger partial charge in [0.2, 0.25) is 11.9 Å². The largest absolute Gasteiger partial charge is 0.350 e. The van der Waals surface area contributed by atoms with Crippen molar-refractivity contribution >= 4 is 34.5 Å². The Morgan fingerprint density at radius 3 is 2.62 bits per heavy atom. The second-order valence-electron chi connectivity index (χ2n) is 8.82. The molecule has 9 nitrogen and oxygen atoms in total. The summed E-state index contributed by atoms with van der Waals surface area (Å²) in [7, 11) is 0. The van der Waals surface area contributed by atoms with Crippen molar-refractivity contribution in [3.63, 3.8) is 0 Å². The molecule has 178 valence electrons. The molecule has 3 aromatic rings. The van der Waals surface area contributed by atoms with Crippen LogP contribution in [0.5, 0.6) is 0 Å². The van der Waals surface area contributed by atoms with Crippen LogP contribution in [0.25, 0.3) is 11.0 Å². The summed E-state index contributed by atoms with van der Waals surface area (Å²) in [5.74, 6) is 0.334. The Morgan fingerprint density at radius 1 is 1.15 bits per heavy atom. The van der Waals surface area contributed by atoms with Crippen molar-refractivity contribution < 1.29 is 9.59 Å². The topological polar surface area (TPSA) is 109 Å². The Morgan fingerprint density at radius 2 is 1.91 bits per heavy atom. The number of nitrogens with zero attached hydrogens (tertiary/aromatic N) is 4. The number of anilines is 2. The quantitative estimate of drug-likeness (QED) is 0.581. The number of hydrogen-bond acceptors (Lipinski definition) is 6. The highest BCUT2D eigenvalue weighted by molar-refractivity contribution is 5.96. The van der Waals surface area contributed by atoms with E-state index in [4.69, 9.17) is 0 Å². The van der Waals surface area contributed by atoms with Crippen LogP contribution < -0.4 is 16.2 Å². The van der Waals surface area contributed by atoms with E-state index in [0.29, 0.717) is 42.4 Å². The fourth-order valence-electron chi connectivity index (χ4n) is 4.20. The number of hydrogen-bond donors (Lipinski definition) is 2. The zero-order valence-electron chi connectivity index (χ0n) is 19.7. The van der Waals surface area contributed by atoms with E-state index in [9.17, 15) is 14.4 Å². The van der Waals surface area contributed by atoms with Gasteiger partial charge in [0.25, 0.3) is 11.5 Å². The number of nitrogens with one attached hydrogen (secondary N) is 2. The maximum atomic E-state index is 13.1. The average molecular weight is 463 g/mol. The Hall–Kier alpha value is -3.75. The van der Waals surface area contributed by atoms with Crippen molar-refractivity contribution in [2.45, 2.75) is 52.1 Å². The van der Waals surface area contributed by atoms with E-state index in [1.54, 1.807) is 48.0 Å². The molecule has 0 spiro atoms. The number of rotatable bonds is 6. The third kappa shape index (κ3) is 5.08. The van der Waals surface area contributed by atoms with Gasteiger partial charge < -0.3 is 15.5 Å². The first-order valence-electron chi connectivity index (χ1n) is 11.7. The summed E-state index contributed by atoms with van der Waals surface area (Å²) in [4.78, 5) is 47.8. The van der Waals surface area contributed by atoms with E-state index in [-0.39, 0.29) is 29.5 Å². The van der Waals surface area contributed by atoms with Gasteiger partial charge in [0.15, 0.2) is 0 Å². The van der Waals surface area contributed by atoms with Crippen LogP contribution in [0.2, 0.25) is 0 Å². The van der Waals surface area contributed by atoms with Crippen LogP contribution >= 0.6 is 0 Å². The lowest BCUT2D eigenvalue weighted by Gasteiger charge is -2.33. The summed E-state index contributed by atoms with van der Waals surface area (Å²) in [5, 5.41) is 6.95. The molecular weight excluding hydrogens is 432 g/mol. The highest BCUT2D eigenvalue weighted by Crippen LogP contribution is 2.20. The molecule has 0 aliphatic carbocycles. The monoisotopic (exact) mass is 462 g/mol. The summed E-state index contributed by atoms with van der Waals surface area (Å²) < 4.78 is 1.66. The van der Waals surface area contributed by atoms with Gasteiger partial charge in [0, 0.05) is 60.5 Å². The highest BCUT2D eigenvalue weighted by Gasteiger charge is 2.25. The molecule has 4 rings (SSSR count).